The molecule has 5 nitrogen and oxygen atoms in total. The van der Waals surface area contributed by atoms with Crippen molar-refractivity contribution < 1.29 is 9.90 Å². The average molecular weight is 253 g/mol. The van der Waals surface area contributed by atoms with E-state index in [4.69, 9.17) is 5.11 Å². The van der Waals surface area contributed by atoms with Crippen molar-refractivity contribution in [2.24, 2.45) is 5.92 Å². The van der Waals surface area contributed by atoms with E-state index in [-0.39, 0.29) is 5.56 Å². The maximum absolute atomic E-state index is 10.8. The fraction of sp³-hybridized carbons (Fsp3) is 0.545. The Hall–Kier alpha value is -1.30. The summed E-state index contributed by atoms with van der Waals surface area (Å²) in [5, 5.41) is 12.0. The first kappa shape index (κ1) is 12.2. The molecule has 1 aromatic rings. The van der Waals surface area contributed by atoms with E-state index in [2.05, 4.69) is 15.3 Å². The number of thioether (sulfide) groups is 1. The predicted molar refractivity (Wildman–Crippen MR) is 67.7 cm³/mol. The summed E-state index contributed by atoms with van der Waals surface area (Å²) in [5.41, 5.74) is 0.655. The van der Waals surface area contributed by atoms with E-state index in [1.807, 2.05) is 11.8 Å². The molecular weight excluding hydrogens is 238 g/mol. The van der Waals surface area contributed by atoms with Gasteiger partial charge in [0.15, 0.2) is 0 Å². The number of nitrogens with one attached hydrogen (secondary N) is 1. The number of rotatable bonds is 4. The highest BCUT2D eigenvalue weighted by Gasteiger charge is 2.16. The maximum atomic E-state index is 10.8. The van der Waals surface area contributed by atoms with E-state index in [1.165, 1.54) is 24.1 Å². The van der Waals surface area contributed by atoms with Crippen LogP contribution in [0.15, 0.2) is 6.20 Å². The quantitative estimate of drug-likeness (QED) is 0.849. The van der Waals surface area contributed by atoms with E-state index < -0.39 is 5.97 Å². The molecule has 0 saturated carbocycles. The Labute approximate surface area is 104 Å². The van der Waals surface area contributed by atoms with Gasteiger partial charge in [-0.25, -0.2) is 14.8 Å². The van der Waals surface area contributed by atoms with Gasteiger partial charge in [0.25, 0.3) is 0 Å². The number of aromatic nitrogens is 2. The van der Waals surface area contributed by atoms with Gasteiger partial charge in [-0.3, -0.25) is 0 Å². The van der Waals surface area contributed by atoms with Crippen LogP contribution < -0.4 is 5.32 Å². The van der Waals surface area contributed by atoms with Crippen molar-refractivity contribution in [3.63, 3.8) is 0 Å². The van der Waals surface area contributed by atoms with Crippen LogP contribution in [0.3, 0.4) is 0 Å². The number of carboxylic acid groups (broad SMARTS) is 1. The number of aromatic carboxylic acids is 1. The SMILES string of the molecule is Cc1nc(NCC2CCSC2)ncc1C(=O)O. The van der Waals surface area contributed by atoms with Crippen LogP contribution in [0.4, 0.5) is 5.95 Å². The molecule has 6 heteroatoms. The van der Waals surface area contributed by atoms with Crippen LogP contribution in [0.5, 0.6) is 0 Å². The van der Waals surface area contributed by atoms with Crippen LogP contribution in [-0.2, 0) is 0 Å². The summed E-state index contributed by atoms with van der Waals surface area (Å²) in [7, 11) is 0. The van der Waals surface area contributed by atoms with Crippen molar-refractivity contribution in [3.8, 4) is 0 Å². The van der Waals surface area contributed by atoms with Gasteiger partial charge in [-0.2, -0.15) is 11.8 Å². The third kappa shape index (κ3) is 3.09. The third-order valence-corrected chi connectivity index (χ3v) is 4.01. The summed E-state index contributed by atoms with van der Waals surface area (Å²) in [6.07, 6.45) is 2.58. The zero-order valence-electron chi connectivity index (χ0n) is 9.64. The van der Waals surface area contributed by atoms with E-state index in [9.17, 15) is 4.79 Å². The van der Waals surface area contributed by atoms with Crippen LogP contribution in [0.2, 0.25) is 0 Å². The van der Waals surface area contributed by atoms with Crippen LogP contribution in [-0.4, -0.2) is 39.1 Å². The van der Waals surface area contributed by atoms with Gasteiger partial charge in [0.05, 0.1) is 11.3 Å². The summed E-state index contributed by atoms with van der Waals surface area (Å²) in [4.78, 5) is 19.0. The molecule has 0 aliphatic carbocycles. The van der Waals surface area contributed by atoms with E-state index in [1.54, 1.807) is 6.92 Å². The van der Waals surface area contributed by atoms with Crippen LogP contribution in [0, 0.1) is 12.8 Å². The second-order valence-corrected chi connectivity index (χ2v) is 5.26. The molecule has 1 aliphatic heterocycles. The second kappa shape index (κ2) is 5.35. The molecule has 0 spiro atoms. The minimum absolute atomic E-state index is 0.159. The average Bonchev–Trinajstić information content (AvgIpc) is 2.78. The van der Waals surface area contributed by atoms with E-state index >= 15 is 0 Å². The zero-order valence-corrected chi connectivity index (χ0v) is 10.5. The molecule has 17 heavy (non-hydrogen) atoms. The maximum Gasteiger partial charge on any atom is 0.339 e. The Balaban J connectivity index is 1.97. The fourth-order valence-corrected chi connectivity index (χ4v) is 3.03. The van der Waals surface area contributed by atoms with Crippen molar-refractivity contribution in [2.75, 3.05) is 23.4 Å². The molecule has 92 valence electrons. The first-order valence-electron chi connectivity index (χ1n) is 5.55. The lowest BCUT2D eigenvalue weighted by molar-refractivity contribution is 0.0695. The molecule has 2 N–H and O–H groups in total. The van der Waals surface area contributed by atoms with Gasteiger partial charge < -0.3 is 10.4 Å². The summed E-state index contributed by atoms with van der Waals surface area (Å²) < 4.78 is 0. The van der Waals surface area contributed by atoms with E-state index in [0.29, 0.717) is 17.6 Å². The fourth-order valence-electron chi connectivity index (χ4n) is 1.74. The van der Waals surface area contributed by atoms with Crippen molar-refractivity contribution >= 4 is 23.7 Å². The molecule has 1 aliphatic rings. The van der Waals surface area contributed by atoms with Crippen molar-refractivity contribution in [2.45, 2.75) is 13.3 Å². The molecule has 1 fully saturated rings. The third-order valence-electron chi connectivity index (χ3n) is 2.78. The number of carboxylic acids is 1. The van der Waals surface area contributed by atoms with Crippen LogP contribution in [0.1, 0.15) is 22.5 Å². The lowest BCUT2D eigenvalue weighted by Gasteiger charge is -2.10. The molecule has 0 aromatic carbocycles. The van der Waals surface area contributed by atoms with E-state index in [0.717, 1.165) is 6.54 Å². The minimum atomic E-state index is -0.985. The molecule has 1 saturated heterocycles. The van der Waals surface area contributed by atoms with Gasteiger partial charge in [0, 0.05) is 12.7 Å². The highest BCUT2D eigenvalue weighted by Crippen LogP contribution is 2.23. The Morgan fingerprint density at radius 3 is 3.12 bits per heavy atom. The lowest BCUT2D eigenvalue weighted by Crippen LogP contribution is -2.16. The summed E-state index contributed by atoms with van der Waals surface area (Å²) in [5.74, 6) is 2.61. The van der Waals surface area contributed by atoms with Gasteiger partial charge in [-0.05, 0) is 30.8 Å². The molecule has 2 rings (SSSR count). The standard InChI is InChI=1S/C11H15N3O2S/c1-7-9(10(15)16)5-13-11(14-7)12-4-8-2-3-17-6-8/h5,8H,2-4,6H2,1H3,(H,15,16)(H,12,13,14). The van der Waals surface area contributed by atoms with Gasteiger partial charge in [-0.15, -0.1) is 0 Å². The summed E-state index contributed by atoms with van der Waals surface area (Å²) in [6.45, 7) is 2.54. The zero-order chi connectivity index (χ0) is 12.3. The molecule has 0 radical (unpaired) electrons. The first-order chi connectivity index (χ1) is 8.16. The Morgan fingerprint density at radius 2 is 2.53 bits per heavy atom. The second-order valence-electron chi connectivity index (χ2n) is 4.11. The molecule has 0 amide bonds. The van der Waals surface area contributed by atoms with Crippen molar-refractivity contribution in [1.82, 2.24) is 9.97 Å². The van der Waals surface area contributed by atoms with Crippen LogP contribution >= 0.6 is 11.8 Å². The highest BCUT2D eigenvalue weighted by atomic mass is 32.2. The molecule has 2 heterocycles. The minimum Gasteiger partial charge on any atom is -0.478 e. The number of aryl methyl sites for hydroxylation is 1. The van der Waals surface area contributed by atoms with Gasteiger partial charge in [0.2, 0.25) is 5.95 Å². The number of anilines is 1. The molecule has 1 aromatic heterocycles. The molecule has 0 bridgehead atoms. The molecular formula is C11H15N3O2S. The Kier molecular flexibility index (Phi) is 3.83. The molecule has 1 unspecified atom stereocenters. The predicted octanol–water partition coefficient (Wildman–Crippen LogP) is 1.65. The number of hydrogen-bond acceptors (Lipinski definition) is 5. The number of nitrogens with zero attached hydrogens (tertiary/aromatic N) is 2. The van der Waals surface area contributed by atoms with Gasteiger partial charge >= 0.3 is 5.97 Å². The van der Waals surface area contributed by atoms with Crippen molar-refractivity contribution in [3.05, 3.63) is 17.5 Å². The summed E-state index contributed by atoms with van der Waals surface area (Å²) >= 11 is 1.97. The Morgan fingerprint density at radius 1 is 1.71 bits per heavy atom. The van der Waals surface area contributed by atoms with Gasteiger partial charge in [-0.1, -0.05) is 0 Å². The largest absolute Gasteiger partial charge is 0.478 e. The van der Waals surface area contributed by atoms with Crippen molar-refractivity contribution in [1.29, 1.82) is 0 Å². The first-order valence-corrected chi connectivity index (χ1v) is 6.71. The smallest absolute Gasteiger partial charge is 0.339 e. The van der Waals surface area contributed by atoms with Crippen LogP contribution in [0.25, 0.3) is 0 Å². The Bertz CT molecular complexity index is 419. The summed E-state index contributed by atoms with van der Waals surface area (Å²) in [6, 6.07) is 0. The topological polar surface area (TPSA) is 75.1 Å². The van der Waals surface area contributed by atoms with Gasteiger partial charge in [0.1, 0.15) is 0 Å². The normalized spacial score (nSPS) is 19.2. The monoisotopic (exact) mass is 253 g/mol. The molecule has 1 atom stereocenters. The number of hydrogen-bond donors (Lipinski definition) is 2. The number of carbonyl (C=O) groups is 1. The lowest BCUT2D eigenvalue weighted by atomic mass is 10.1. The highest BCUT2D eigenvalue weighted by molar-refractivity contribution is 7.99.